The molecule has 0 amide bonds. The summed E-state index contributed by atoms with van der Waals surface area (Å²) in [6, 6.07) is 11.2. The number of H-pyrrole nitrogens is 1. The van der Waals surface area contributed by atoms with Gasteiger partial charge >= 0.3 is 0 Å². The van der Waals surface area contributed by atoms with Gasteiger partial charge in [-0.2, -0.15) is 4.68 Å². The highest BCUT2D eigenvalue weighted by Gasteiger charge is 2.15. The number of hydrogen-bond acceptors (Lipinski definition) is 4. The van der Waals surface area contributed by atoms with Crippen LogP contribution in [0, 0.1) is 13.8 Å². The highest BCUT2D eigenvalue weighted by atomic mass is 16.1. The van der Waals surface area contributed by atoms with Crippen molar-refractivity contribution in [3.8, 4) is 17.1 Å². The van der Waals surface area contributed by atoms with E-state index < -0.39 is 0 Å². The molecule has 3 rings (SSSR count). The zero-order chi connectivity index (χ0) is 15.0. The van der Waals surface area contributed by atoms with Crippen LogP contribution in [-0.4, -0.2) is 19.7 Å². The van der Waals surface area contributed by atoms with Gasteiger partial charge in [0, 0.05) is 17.3 Å². The van der Waals surface area contributed by atoms with Crippen LogP contribution in [0.1, 0.15) is 11.5 Å². The molecule has 2 heterocycles. The molecule has 2 aromatic heterocycles. The van der Waals surface area contributed by atoms with Crippen LogP contribution in [0.5, 0.6) is 0 Å². The van der Waals surface area contributed by atoms with Gasteiger partial charge in [0.2, 0.25) is 0 Å². The summed E-state index contributed by atoms with van der Waals surface area (Å²) in [7, 11) is 0. The minimum absolute atomic E-state index is 0.176. The lowest BCUT2D eigenvalue weighted by molar-refractivity contribution is 0.801. The third kappa shape index (κ3) is 2.31. The second-order valence-corrected chi connectivity index (χ2v) is 4.82. The van der Waals surface area contributed by atoms with Crippen LogP contribution >= 0.6 is 0 Å². The van der Waals surface area contributed by atoms with Crippen molar-refractivity contribution in [1.82, 2.24) is 19.7 Å². The zero-order valence-corrected chi connectivity index (χ0v) is 11.8. The Balaban J connectivity index is 2.20. The zero-order valence-electron chi connectivity index (χ0n) is 11.8. The number of aromatic nitrogens is 4. The molecule has 0 unspecified atom stereocenters. The van der Waals surface area contributed by atoms with Gasteiger partial charge in [-0.1, -0.05) is 30.3 Å². The molecule has 0 aliphatic heterocycles. The van der Waals surface area contributed by atoms with E-state index in [9.17, 15) is 4.79 Å². The predicted octanol–water partition coefficient (Wildman–Crippen LogP) is 1.82. The van der Waals surface area contributed by atoms with E-state index in [0.29, 0.717) is 17.3 Å². The van der Waals surface area contributed by atoms with Gasteiger partial charge < -0.3 is 5.73 Å². The largest absolute Gasteiger partial charge is 0.392 e. The van der Waals surface area contributed by atoms with Crippen molar-refractivity contribution < 1.29 is 0 Å². The number of nitrogens with zero attached hydrogens (tertiary/aromatic N) is 3. The van der Waals surface area contributed by atoms with Gasteiger partial charge in [-0.05, 0) is 13.8 Å². The normalized spacial score (nSPS) is 10.8. The van der Waals surface area contributed by atoms with Crippen LogP contribution in [0.2, 0.25) is 0 Å². The van der Waals surface area contributed by atoms with E-state index in [2.05, 4.69) is 15.1 Å². The number of aromatic amines is 1. The molecular weight excluding hydrogens is 266 g/mol. The summed E-state index contributed by atoms with van der Waals surface area (Å²) in [5.41, 5.74) is 8.04. The summed E-state index contributed by atoms with van der Waals surface area (Å²) in [4.78, 5) is 20.8. The Morgan fingerprint density at radius 3 is 2.52 bits per heavy atom. The first kappa shape index (κ1) is 13.1. The van der Waals surface area contributed by atoms with Crippen LogP contribution in [0.25, 0.3) is 17.1 Å². The van der Waals surface area contributed by atoms with Gasteiger partial charge in [0.25, 0.3) is 5.56 Å². The highest BCUT2D eigenvalue weighted by molar-refractivity contribution is 5.72. The maximum atomic E-state index is 12.3. The Hall–Kier alpha value is -2.89. The highest BCUT2D eigenvalue weighted by Crippen LogP contribution is 2.21. The van der Waals surface area contributed by atoms with E-state index in [0.717, 1.165) is 11.3 Å². The number of nitrogen functional groups attached to an aromatic ring is 1. The van der Waals surface area contributed by atoms with Crippen molar-refractivity contribution in [2.45, 2.75) is 13.8 Å². The first-order valence-electron chi connectivity index (χ1n) is 6.55. The smallest absolute Gasteiger partial charge is 0.296 e. The number of nitrogens with two attached hydrogens (primary N) is 1. The topological polar surface area (TPSA) is 89.6 Å². The number of benzene rings is 1. The molecule has 106 valence electrons. The van der Waals surface area contributed by atoms with Crippen LogP contribution in [-0.2, 0) is 0 Å². The third-order valence-corrected chi connectivity index (χ3v) is 3.17. The van der Waals surface area contributed by atoms with Gasteiger partial charge in [0.1, 0.15) is 11.5 Å². The first-order chi connectivity index (χ1) is 10.1. The SMILES string of the molecule is Cc1cc(-n2[nH]c(-c3ccccc3)c(N)c2=O)nc(C)n1. The lowest BCUT2D eigenvalue weighted by atomic mass is 10.1. The first-order valence-corrected chi connectivity index (χ1v) is 6.55. The summed E-state index contributed by atoms with van der Waals surface area (Å²) in [6.07, 6.45) is 0. The summed E-state index contributed by atoms with van der Waals surface area (Å²) in [6.45, 7) is 3.64. The standard InChI is InChI=1S/C15H15N5O/c1-9-8-12(18-10(2)17-9)20-15(21)13(16)14(19-20)11-6-4-3-5-7-11/h3-8,19H,16H2,1-2H3. The average Bonchev–Trinajstić information content (AvgIpc) is 2.75. The van der Waals surface area contributed by atoms with Crippen LogP contribution in [0.3, 0.4) is 0 Å². The maximum absolute atomic E-state index is 12.3. The van der Waals surface area contributed by atoms with E-state index in [-0.39, 0.29) is 11.2 Å². The van der Waals surface area contributed by atoms with E-state index in [1.807, 2.05) is 37.3 Å². The molecule has 21 heavy (non-hydrogen) atoms. The molecule has 0 atom stereocenters. The van der Waals surface area contributed by atoms with Crippen molar-refractivity contribution in [2.24, 2.45) is 0 Å². The van der Waals surface area contributed by atoms with Crippen molar-refractivity contribution in [3.63, 3.8) is 0 Å². The van der Waals surface area contributed by atoms with Crippen LogP contribution in [0.15, 0.2) is 41.2 Å². The fourth-order valence-electron chi connectivity index (χ4n) is 2.25. The van der Waals surface area contributed by atoms with Crippen molar-refractivity contribution >= 4 is 5.69 Å². The number of hydrogen-bond donors (Lipinski definition) is 2. The third-order valence-electron chi connectivity index (χ3n) is 3.17. The Labute approximate surface area is 121 Å². The summed E-state index contributed by atoms with van der Waals surface area (Å²) < 4.78 is 1.35. The van der Waals surface area contributed by atoms with Gasteiger partial charge in [-0.3, -0.25) is 9.89 Å². The van der Waals surface area contributed by atoms with Gasteiger partial charge in [-0.25, -0.2) is 9.97 Å². The van der Waals surface area contributed by atoms with E-state index in [1.54, 1.807) is 13.0 Å². The summed E-state index contributed by atoms with van der Waals surface area (Å²) >= 11 is 0. The minimum atomic E-state index is -0.314. The maximum Gasteiger partial charge on any atom is 0.296 e. The molecule has 1 aromatic carbocycles. The molecule has 0 saturated carbocycles. The van der Waals surface area contributed by atoms with E-state index in [4.69, 9.17) is 5.73 Å². The quantitative estimate of drug-likeness (QED) is 0.749. The second kappa shape index (κ2) is 4.90. The van der Waals surface area contributed by atoms with Gasteiger partial charge in [0.15, 0.2) is 5.82 Å². The molecule has 0 radical (unpaired) electrons. The summed E-state index contributed by atoms with van der Waals surface area (Å²) in [5, 5.41) is 3.03. The molecule has 0 aliphatic carbocycles. The molecule has 0 aliphatic rings. The van der Waals surface area contributed by atoms with E-state index >= 15 is 0 Å². The van der Waals surface area contributed by atoms with Crippen LogP contribution in [0.4, 0.5) is 5.69 Å². The fraction of sp³-hybridized carbons (Fsp3) is 0.133. The van der Waals surface area contributed by atoms with Crippen LogP contribution < -0.4 is 11.3 Å². The number of aryl methyl sites for hydroxylation is 2. The molecular formula is C15H15N5O. The molecule has 3 aromatic rings. The fourth-order valence-corrected chi connectivity index (χ4v) is 2.25. The molecule has 0 saturated heterocycles. The minimum Gasteiger partial charge on any atom is -0.392 e. The number of anilines is 1. The predicted molar refractivity (Wildman–Crippen MR) is 81.3 cm³/mol. The lowest BCUT2D eigenvalue weighted by Crippen LogP contribution is -2.18. The Bertz CT molecular complexity index is 828. The molecule has 0 spiro atoms. The molecule has 0 bridgehead atoms. The Kier molecular flexibility index (Phi) is 3.06. The van der Waals surface area contributed by atoms with Gasteiger partial charge in [0.05, 0.1) is 5.69 Å². The van der Waals surface area contributed by atoms with Crippen molar-refractivity contribution in [1.29, 1.82) is 0 Å². The Morgan fingerprint density at radius 1 is 1.14 bits per heavy atom. The average molecular weight is 281 g/mol. The molecule has 3 N–H and O–H groups in total. The molecule has 6 heteroatoms. The molecule has 6 nitrogen and oxygen atoms in total. The van der Waals surface area contributed by atoms with Crippen molar-refractivity contribution in [3.05, 3.63) is 58.3 Å². The second-order valence-electron chi connectivity index (χ2n) is 4.82. The number of nitrogens with one attached hydrogen (secondary N) is 1. The number of rotatable bonds is 2. The van der Waals surface area contributed by atoms with Gasteiger partial charge in [-0.15, -0.1) is 0 Å². The Morgan fingerprint density at radius 2 is 1.86 bits per heavy atom. The van der Waals surface area contributed by atoms with Crippen molar-refractivity contribution in [2.75, 3.05) is 5.73 Å². The summed E-state index contributed by atoms with van der Waals surface area (Å²) in [5.74, 6) is 1.09. The monoisotopic (exact) mass is 281 g/mol. The molecule has 0 fully saturated rings. The lowest BCUT2D eigenvalue weighted by Gasteiger charge is -2.03. The van der Waals surface area contributed by atoms with E-state index in [1.165, 1.54) is 4.68 Å².